The van der Waals surface area contributed by atoms with Gasteiger partial charge in [-0.3, -0.25) is 9.88 Å². The first-order valence-electron chi connectivity index (χ1n) is 9.65. The molecule has 1 aromatic carbocycles. The van der Waals surface area contributed by atoms with Crippen LogP contribution in [0.25, 0.3) is 0 Å². The van der Waals surface area contributed by atoms with Crippen LogP contribution < -0.4 is 5.32 Å². The van der Waals surface area contributed by atoms with E-state index in [0.717, 1.165) is 24.2 Å². The Morgan fingerprint density at radius 3 is 2.82 bits per heavy atom. The number of fused-ring (bicyclic) bond motifs is 2. The molecule has 2 aliphatic heterocycles. The van der Waals surface area contributed by atoms with Gasteiger partial charge in [-0.05, 0) is 36.9 Å². The molecule has 2 aliphatic rings. The maximum atomic E-state index is 13.1. The molecule has 2 fully saturated rings. The van der Waals surface area contributed by atoms with Crippen molar-refractivity contribution in [3.05, 3.63) is 65.7 Å². The van der Waals surface area contributed by atoms with E-state index in [-0.39, 0.29) is 24.0 Å². The molecule has 0 aliphatic carbocycles. The van der Waals surface area contributed by atoms with Crippen molar-refractivity contribution in [3.8, 4) is 0 Å². The molecule has 1 aromatic heterocycles. The number of aromatic nitrogens is 1. The summed E-state index contributed by atoms with van der Waals surface area (Å²) in [6, 6.07) is 11.7. The smallest absolute Gasteiger partial charge is 0.176 e. The van der Waals surface area contributed by atoms with E-state index < -0.39 is 12.4 Å². The Kier molecular flexibility index (Phi) is 5.99. The van der Waals surface area contributed by atoms with Gasteiger partial charge >= 0.3 is 0 Å². The number of hydrogen-bond donors (Lipinski definition) is 2. The van der Waals surface area contributed by atoms with E-state index >= 15 is 0 Å². The Morgan fingerprint density at radius 2 is 2.07 bits per heavy atom. The third kappa shape index (κ3) is 4.24. The van der Waals surface area contributed by atoms with Gasteiger partial charge in [-0.2, -0.15) is 0 Å². The number of likely N-dealkylation sites (N-methyl/N-ethyl adjacent to an activating group) is 1. The van der Waals surface area contributed by atoms with Gasteiger partial charge in [0.25, 0.3) is 0 Å². The maximum absolute atomic E-state index is 13.1. The SMILES string of the molecule is CN(CCc1ccccn1)[C@H]1[C@@H]2OC[C@@H](O2)[C@@H](NCc2ccc(F)cc2)[C@@H]1O. The summed E-state index contributed by atoms with van der Waals surface area (Å²) < 4.78 is 24.9. The summed E-state index contributed by atoms with van der Waals surface area (Å²) in [6.45, 7) is 1.71. The summed E-state index contributed by atoms with van der Waals surface area (Å²) in [7, 11) is 1.97. The van der Waals surface area contributed by atoms with Crippen LogP contribution in [0.2, 0.25) is 0 Å². The van der Waals surface area contributed by atoms with Gasteiger partial charge in [0.05, 0.1) is 24.8 Å². The average Bonchev–Trinajstić information content (AvgIpc) is 3.13. The second-order valence-electron chi connectivity index (χ2n) is 7.44. The van der Waals surface area contributed by atoms with Crippen LogP contribution in [0, 0.1) is 5.82 Å². The number of aliphatic hydroxyl groups is 1. The summed E-state index contributed by atoms with van der Waals surface area (Å²) >= 11 is 0. The highest BCUT2D eigenvalue weighted by molar-refractivity contribution is 5.16. The van der Waals surface area contributed by atoms with Crippen molar-refractivity contribution in [2.45, 2.75) is 43.5 Å². The first kappa shape index (κ1) is 19.4. The minimum absolute atomic E-state index is 0.194. The summed E-state index contributed by atoms with van der Waals surface area (Å²) in [6.07, 6.45) is 1.30. The van der Waals surface area contributed by atoms with Crippen LogP contribution in [0.1, 0.15) is 11.3 Å². The van der Waals surface area contributed by atoms with Gasteiger partial charge in [-0.25, -0.2) is 4.39 Å². The highest BCUT2D eigenvalue weighted by Gasteiger charge is 2.51. The summed E-state index contributed by atoms with van der Waals surface area (Å²) in [5.74, 6) is -0.258. The fourth-order valence-electron chi connectivity index (χ4n) is 3.95. The lowest BCUT2D eigenvalue weighted by molar-refractivity contribution is -0.178. The topological polar surface area (TPSA) is 66.9 Å². The largest absolute Gasteiger partial charge is 0.390 e. The molecule has 4 rings (SSSR count). The zero-order chi connectivity index (χ0) is 19.5. The fourth-order valence-corrected chi connectivity index (χ4v) is 3.95. The Bertz CT molecular complexity index is 761. The minimum Gasteiger partial charge on any atom is -0.390 e. The summed E-state index contributed by atoms with van der Waals surface area (Å²) in [5, 5.41) is 14.4. The lowest BCUT2D eigenvalue weighted by Crippen LogP contribution is -2.63. The molecule has 0 radical (unpaired) electrons. The predicted octanol–water partition coefficient (Wildman–Crippen LogP) is 1.34. The fraction of sp³-hybridized carbons (Fsp3) is 0.476. The molecule has 2 aromatic rings. The standard InChI is InChI=1S/C21H26FN3O3/c1-25(11-9-16-4-2-3-10-23-16)19-20(26)18(17-13-27-21(19)28-17)24-12-14-5-7-15(22)8-6-14/h2-8,10,17-21,24,26H,9,11-13H2,1H3/t17-,18-,19-,20+,21-/m1/s1. The number of rotatable bonds is 7. The van der Waals surface area contributed by atoms with Gasteiger partial charge in [-0.1, -0.05) is 18.2 Å². The van der Waals surface area contributed by atoms with Crippen molar-refractivity contribution in [2.75, 3.05) is 20.2 Å². The van der Waals surface area contributed by atoms with Crippen molar-refractivity contribution in [2.24, 2.45) is 0 Å². The summed E-state index contributed by atoms with van der Waals surface area (Å²) in [4.78, 5) is 6.44. The van der Waals surface area contributed by atoms with E-state index in [2.05, 4.69) is 15.2 Å². The van der Waals surface area contributed by atoms with Crippen LogP contribution in [-0.2, 0) is 22.4 Å². The number of ether oxygens (including phenoxy) is 2. The van der Waals surface area contributed by atoms with Gasteiger partial charge in [0.1, 0.15) is 11.9 Å². The molecule has 2 N–H and O–H groups in total. The number of hydrogen-bond acceptors (Lipinski definition) is 6. The van der Waals surface area contributed by atoms with Gasteiger partial charge < -0.3 is 19.9 Å². The molecule has 3 heterocycles. The van der Waals surface area contributed by atoms with E-state index in [9.17, 15) is 9.50 Å². The molecule has 2 bridgehead atoms. The molecular weight excluding hydrogens is 361 g/mol. The zero-order valence-electron chi connectivity index (χ0n) is 15.9. The summed E-state index contributed by atoms with van der Waals surface area (Å²) in [5.41, 5.74) is 1.96. The maximum Gasteiger partial charge on any atom is 0.176 e. The molecule has 2 saturated heterocycles. The lowest BCUT2D eigenvalue weighted by atomic mass is 9.94. The third-order valence-corrected chi connectivity index (χ3v) is 5.54. The number of pyridine rings is 1. The molecule has 0 spiro atoms. The molecule has 6 nitrogen and oxygen atoms in total. The van der Waals surface area contributed by atoms with Crippen molar-refractivity contribution < 1.29 is 19.0 Å². The van der Waals surface area contributed by atoms with Crippen molar-refractivity contribution in [1.29, 1.82) is 0 Å². The molecule has 28 heavy (non-hydrogen) atoms. The van der Waals surface area contributed by atoms with Gasteiger partial charge in [0.2, 0.25) is 0 Å². The van der Waals surface area contributed by atoms with E-state index in [1.807, 2.05) is 25.2 Å². The number of nitrogens with zero attached hydrogens (tertiary/aromatic N) is 2. The predicted molar refractivity (Wildman–Crippen MR) is 102 cm³/mol. The molecule has 0 amide bonds. The second kappa shape index (κ2) is 8.63. The van der Waals surface area contributed by atoms with Gasteiger partial charge in [0, 0.05) is 31.4 Å². The Morgan fingerprint density at radius 1 is 1.25 bits per heavy atom. The molecule has 7 heteroatoms. The van der Waals surface area contributed by atoms with Crippen molar-refractivity contribution >= 4 is 0 Å². The Balaban J connectivity index is 1.39. The monoisotopic (exact) mass is 387 g/mol. The average molecular weight is 387 g/mol. The van der Waals surface area contributed by atoms with Crippen LogP contribution in [0.5, 0.6) is 0 Å². The second-order valence-corrected chi connectivity index (χ2v) is 7.44. The third-order valence-electron chi connectivity index (χ3n) is 5.54. The number of nitrogens with one attached hydrogen (secondary N) is 1. The van der Waals surface area contributed by atoms with Crippen molar-refractivity contribution in [3.63, 3.8) is 0 Å². The highest BCUT2D eigenvalue weighted by atomic mass is 19.1. The number of halogens is 1. The normalized spacial score (nSPS) is 29.4. The number of benzene rings is 1. The van der Waals surface area contributed by atoms with Crippen LogP contribution in [0.4, 0.5) is 4.39 Å². The van der Waals surface area contributed by atoms with E-state index in [4.69, 9.17) is 9.47 Å². The van der Waals surface area contributed by atoms with Crippen LogP contribution in [-0.4, -0.2) is 65.8 Å². The van der Waals surface area contributed by atoms with E-state index in [1.54, 1.807) is 18.3 Å². The lowest BCUT2D eigenvalue weighted by Gasteiger charge is -2.42. The Labute approximate surface area is 164 Å². The minimum atomic E-state index is -0.638. The van der Waals surface area contributed by atoms with Gasteiger partial charge in [0.15, 0.2) is 6.29 Å². The first-order chi connectivity index (χ1) is 13.6. The molecule has 0 unspecified atom stereocenters. The zero-order valence-corrected chi connectivity index (χ0v) is 15.9. The van der Waals surface area contributed by atoms with E-state index in [0.29, 0.717) is 13.2 Å². The van der Waals surface area contributed by atoms with Gasteiger partial charge in [-0.15, -0.1) is 0 Å². The van der Waals surface area contributed by atoms with Crippen LogP contribution in [0.15, 0.2) is 48.7 Å². The Hall–Kier alpha value is -1.90. The molecular formula is C21H26FN3O3. The number of aliphatic hydroxyl groups excluding tert-OH is 1. The van der Waals surface area contributed by atoms with E-state index in [1.165, 1.54) is 12.1 Å². The first-order valence-corrected chi connectivity index (χ1v) is 9.65. The molecule has 0 saturated carbocycles. The molecule has 5 atom stereocenters. The quantitative estimate of drug-likeness (QED) is 0.748. The molecule has 150 valence electrons. The van der Waals surface area contributed by atoms with Crippen LogP contribution in [0.3, 0.4) is 0 Å². The van der Waals surface area contributed by atoms with Crippen LogP contribution >= 0.6 is 0 Å². The highest BCUT2D eigenvalue weighted by Crippen LogP contribution is 2.31. The van der Waals surface area contributed by atoms with Crippen molar-refractivity contribution in [1.82, 2.24) is 15.2 Å².